The number of phenols is 2. The van der Waals surface area contributed by atoms with Gasteiger partial charge < -0.3 is 20.8 Å². The van der Waals surface area contributed by atoms with Crippen molar-refractivity contribution in [3.63, 3.8) is 0 Å². The first-order valence-corrected chi connectivity index (χ1v) is 6.35. The van der Waals surface area contributed by atoms with Crippen LogP contribution in [0.25, 0.3) is 0 Å². The van der Waals surface area contributed by atoms with E-state index in [1.54, 1.807) is 11.4 Å². The molecule has 1 aromatic heterocycles. The minimum Gasteiger partial charge on any atom is -0.504 e. The van der Waals surface area contributed by atoms with Gasteiger partial charge in [0.15, 0.2) is 28.6 Å². The average Bonchev–Trinajstić information content (AvgIpc) is 2.85. The highest BCUT2D eigenvalue weighted by molar-refractivity contribution is 7.13. The number of benzene rings is 1. The van der Waals surface area contributed by atoms with Crippen LogP contribution < -0.4 is 5.73 Å². The lowest BCUT2D eigenvalue weighted by molar-refractivity contribution is -0.102. The van der Waals surface area contributed by atoms with Crippen molar-refractivity contribution in [3.05, 3.63) is 34.8 Å². The summed E-state index contributed by atoms with van der Waals surface area (Å²) in [4.78, 5) is 19.8. The van der Waals surface area contributed by atoms with Gasteiger partial charge in [0.2, 0.25) is 0 Å². The molecule has 0 saturated heterocycles. The van der Waals surface area contributed by atoms with Crippen LogP contribution in [-0.2, 0) is 16.2 Å². The number of phenolic OH excluding ortho intramolecular Hbond substituents is 2. The van der Waals surface area contributed by atoms with E-state index in [1.807, 2.05) is 0 Å². The first kappa shape index (κ1) is 13.8. The Kier molecular flexibility index (Phi) is 4.16. The van der Waals surface area contributed by atoms with Crippen molar-refractivity contribution < 1.29 is 19.8 Å². The molecule has 0 atom stereocenters. The van der Waals surface area contributed by atoms with Crippen LogP contribution in [0.15, 0.2) is 28.7 Å². The summed E-state index contributed by atoms with van der Waals surface area (Å²) in [7, 11) is 0. The molecule has 0 spiro atoms. The first-order chi connectivity index (χ1) is 9.60. The zero-order chi connectivity index (χ0) is 14.5. The molecule has 0 unspecified atom stereocenters. The highest BCUT2D eigenvalue weighted by atomic mass is 32.1. The third-order valence-corrected chi connectivity index (χ3v) is 3.00. The number of carbonyl (C=O) groups is 1. The van der Waals surface area contributed by atoms with Gasteiger partial charge in [0.05, 0.1) is 0 Å². The van der Waals surface area contributed by atoms with Crippen molar-refractivity contribution in [1.29, 1.82) is 0 Å². The number of anilines is 1. The van der Waals surface area contributed by atoms with Crippen molar-refractivity contribution >= 4 is 28.5 Å². The number of rotatable bonds is 5. The second-order valence-corrected chi connectivity index (χ2v) is 4.65. The molecule has 0 saturated carbocycles. The van der Waals surface area contributed by atoms with Gasteiger partial charge in [0.25, 0.3) is 0 Å². The van der Waals surface area contributed by atoms with E-state index in [4.69, 9.17) is 15.7 Å². The summed E-state index contributed by atoms with van der Waals surface area (Å²) in [6.45, 7) is 0.0325. The predicted octanol–water partition coefficient (Wildman–Crippen LogP) is 1.26. The largest absolute Gasteiger partial charge is 0.504 e. The predicted molar refractivity (Wildman–Crippen MR) is 73.7 cm³/mol. The van der Waals surface area contributed by atoms with Crippen molar-refractivity contribution in [2.24, 2.45) is 5.16 Å². The lowest BCUT2D eigenvalue weighted by Crippen LogP contribution is -2.04. The quantitative estimate of drug-likeness (QED) is 0.330. The van der Waals surface area contributed by atoms with E-state index in [-0.39, 0.29) is 23.8 Å². The van der Waals surface area contributed by atoms with Crippen LogP contribution in [0.2, 0.25) is 0 Å². The molecule has 0 amide bonds. The molecule has 0 radical (unpaired) electrons. The summed E-state index contributed by atoms with van der Waals surface area (Å²) in [6.07, 6.45) is 0.517. The number of hydrogen-bond donors (Lipinski definition) is 3. The molecule has 20 heavy (non-hydrogen) atoms. The van der Waals surface area contributed by atoms with Gasteiger partial charge in [-0.25, -0.2) is 4.98 Å². The molecule has 7 nitrogen and oxygen atoms in total. The van der Waals surface area contributed by atoms with Gasteiger partial charge in [-0.1, -0.05) is 11.2 Å². The van der Waals surface area contributed by atoms with Crippen molar-refractivity contribution in [2.45, 2.75) is 6.61 Å². The molecular weight excluding hydrogens is 282 g/mol. The molecule has 2 aromatic rings. The highest BCUT2D eigenvalue weighted by Crippen LogP contribution is 2.25. The maximum Gasteiger partial charge on any atom is 0.180 e. The second kappa shape index (κ2) is 6.02. The fraction of sp³-hybridized carbons (Fsp3) is 0.0833. The molecule has 4 N–H and O–H groups in total. The van der Waals surface area contributed by atoms with E-state index in [9.17, 15) is 9.90 Å². The topological polar surface area (TPSA) is 118 Å². The summed E-state index contributed by atoms with van der Waals surface area (Å²) >= 11 is 1.19. The van der Waals surface area contributed by atoms with Crippen LogP contribution >= 0.6 is 11.3 Å². The van der Waals surface area contributed by atoms with Gasteiger partial charge in [-0.2, -0.15) is 0 Å². The summed E-state index contributed by atoms with van der Waals surface area (Å²) in [5, 5.41) is 24.1. The van der Waals surface area contributed by atoms with Gasteiger partial charge in [-0.05, 0) is 17.7 Å². The second-order valence-electron chi connectivity index (χ2n) is 3.76. The lowest BCUT2D eigenvalue weighted by Gasteiger charge is -2.02. The fourth-order valence-corrected chi connectivity index (χ4v) is 1.93. The number of nitrogens with zero attached hydrogens (tertiary/aromatic N) is 2. The number of nitrogen functional groups attached to an aromatic ring is 1. The molecule has 0 bridgehead atoms. The average molecular weight is 293 g/mol. The summed E-state index contributed by atoms with van der Waals surface area (Å²) in [6, 6.07) is 4.23. The maximum atomic E-state index is 10.9. The zero-order valence-electron chi connectivity index (χ0n) is 10.2. The standard InChI is InChI=1S/C12H11N3O4S/c13-12-14-9(6-20-12)8(4-16)15-19-5-7-1-2-10(17)11(18)3-7/h1-4,6,17-18H,5H2,(H2,13,14). The van der Waals surface area contributed by atoms with E-state index in [0.717, 1.165) is 0 Å². The van der Waals surface area contributed by atoms with Gasteiger partial charge in [0, 0.05) is 5.38 Å². The number of carbonyl (C=O) groups excluding carboxylic acids is 1. The fourth-order valence-electron chi connectivity index (χ4n) is 1.37. The Hall–Kier alpha value is -2.61. The Morgan fingerprint density at radius 3 is 2.85 bits per heavy atom. The Morgan fingerprint density at radius 1 is 1.45 bits per heavy atom. The van der Waals surface area contributed by atoms with E-state index in [2.05, 4.69) is 10.1 Å². The molecule has 2 rings (SSSR count). The number of nitrogens with two attached hydrogens (primary N) is 1. The maximum absolute atomic E-state index is 10.9. The Morgan fingerprint density at radius 2 is 2.25 bits per heavy atom. The third-order valence-electron chi connectivity index (χ3n) is 2.33. The van der Waals surface area contributed by atoms with Gasteiger partial charge in [0.1, 0.15) is 12.3 Å². The summed E-state index contributed by atoms with van der Waals surface area (Å²) in [5.41, 5.74) is 6.43. The number of hydrogen-bond acceptors (Lipinski definition) is 8. The molecule has 8 heteroatoms. The Labute approximate surface area is 117 Å². The van der Waals surface area contributed by atoms with Gasteiger partial charge in [-0.15, -0.1) is 11.3 Å². The SMILES string of the molecule is Nc1nc(C(C=O)=NOCc2ccc(O)c(O)c2)cs1. The number of aromatic hydroxyl groups is 2. The monoisotopic (exact) mass is 293 g/mol. The number of aldehydes is 1. The van der Waals surface area contributed by atoms with Crippen LogP contribution in [0.5, 0.6) is 11.5 Å². The van der Waals surface area contributed by atoms with Crippen molar-refractivity contribution in [3.8, 4) is 11.5 Å². The number of oxime groups is 1. The van der Waals surface area contributed by atoms with E-state index >= 15 is 0 Å². The Balaban J connectivity index is 2.04. The van der Waals surface area contributed by atoms with E-state index in [0.29, 0.717) is 22.7 Å². The Bertz CT molecular complexity index is 654. The van der Waals surface area contributed by atoms with Crippen LogP contribution in [0.1, 0.15) is 11.3 Å². The first-order valence-electron chi connectivity index (χ1n) is 5.47. The molecule has 104 valence electrons. The van der Waals surface area contributed by atoms with Gasteiger partial charge in [-0.3, -0.25) is 4.79 Å². The number of thiazole rings is 1. The molecule has 0 aliphatic carbocycles. The third kappa shape index (κ3) is 3.23. The molecule has 0 fully saturated rings. The highest BCUT2D eigenvalue weighted by Gasteiger charge is 2.08. The molecule has 0 aliphatic rings. The summed E-state index contributed by atoms with van der Waals surface area (Å²) in [5.74, 6) is -0.471. The van der Waals surface area contributed by atoms with E-state index < -0.39 is 0 Å². The molecule has 0 aliphatic heterocycles. The lowest BCUT2D eigenvalue weighted by atomic mass is 10.2. The smallest absolute Gasteiger partial charge is 0.180 e. The minimum atomic E-state index is -0.252. The van der Waals surface area contributed by atoms with E-state index in [1.165, 1.54) is 23.5 Å². The zero-order valence-corrected chi connectivity index (χ0v) is 11.0. The molecular formula is C12H11N3O4S. The minimum absolute atomic E-state index is 0.0287. The summed E-state index contributed by atoms with van der Waals surface area (Å²) < 4.78 is 0. The van der Waals surface area contributed by atoms with Crippen LogP contribution in [0.4, 0.5) is 5.13 Å². The number of aromatic nitrogens is 1. The van der Waals surface area contributed by atoms with Crippen LogP contribution in [0, 0.1) is 0 Å². The van der Waals surface area contributed by atoms with Crippen LogP contribution in [0.3, 0.4) is 0 Å². The molecule has 1 aromatic carbocycles. The van der Waals surface area contributed by atoms with Crippen molar-refractivity contribution in [2.75, 3.05) is 5.73 Å². The van der Waals surface area contributed by atoms with Gasteiger partial charge >= 0.3 is 0 Å². The van der Waals surface area contributed by atoms with Crippen molar-refractivity contribution in [1.82, 2.24) is 4.98 Å². The van der Waals surface area contributed by atoms with Crippen LogP contribution in [-0.4, -0.2) is 27.2 Å². The molecule has 1 heterocycles. The normalized spacial score (nSPS) is 11.3.